The third kappa shape index (κ3) is 3.13. The molecular weight excluding hydrogens is 310 g/mol. The fourth-order valence-corrected chi connectivity index (χ4v) is 3.07. The van der Waals surface area contributed by atoms with Crippen LogP contribution in [0.2, 0.25) is 0 Å². The Hall–Kier alpha value is -3.07. The number of pyridine rings is 2. The SMILES string of the molecule is COc1cc(C)c[n+]2cc3ccc(OCc4ccccc4)cc3cc12. The number of aromatic nitrogens is 1. The fraction of sp³-hybridized carbons (Fsp3) is 0.136. The number of nitrogens with zero attached hydrogens (tertiary/aromatic N) is 1. The van der Waals surface area contributed by atoms with Crippen LogP contribution in [-0.2, 0) is 6.61 Å². The van der Waals surface area contributed by atoms with Crippen molar-refractivity contribution >= 4 is 16.3 Å². The number of aryl methyl sites for hydroxylation is 1. The Bertz CT molecular complexity index is 1040. The summed E-state index contributed by atoms with van der Waals surface area (Å²) in [6, 6.07) is 20.6. The van der Waals surface area contributed by atoms with Crippen LogP contribution in [0.4, 0.5) is 0 Å². The summed E-state index contributed by atoms with van der Waals surface area (Å²) in [6.45, 7) is 2.64. The molecule has 0 atom stereocenters. The lowest BCUT2D eigenvalue weighted by Crippen LogP contribution is -2.22. The molecule has 0 fully saturated rings. The molecule has 3 heteroatoms. The minimum absolute atomic E-state index is 0.567. The van der Waals surface area contributed by atoms with Crippen LogP contribution in [0, 0.1) is 6.92 Å². The normalized spacial score (nSPS) is 11.0. The Kier molecular flexibility index (Phi) is 3.98. The van der Waals surface area contributed by atoms with Crippen molar-refractivity contribution in [2.24, 2.45) is 0 Å². The minimum Gasteiger partial charge on any atom is -0.490 e. The second kappa shape index (κ2) is 6.44. The van der Waals surface area contributed by atoms with Crippen molar-refractivity contribution in [3.8, 4) is 11.5 Å². The van der Waals surface area contributed by atoms with Gasteiger partial charge in [-0.25, -0.2) is 0 Å². The zero-order valence-electron chi connectivity index (χ0n) is 14.4. The second-order valence-corrected chi connectivity index (χ2v) is 6.22. The van der Waals surface area contributed by atoms with E-state index in [9.17, 15) is 0 Å². The molecule has 0 aliphatic rings. The Morgan fingerprint density at radius 3 is 2.52 bits per heavy atom. The van der Waals surface area contributed by atoms with Gasteiger partial charge in [-0.3, -0.25) is 0 Å². The molecule has 0 bridgehead atoms. The van der Waals surface area contributed by atoms with Gasteiger partial charge in [0.2, 0.25) is 0 Å². The second-order valence-electron chi connectivity index (χ2n) is 6.22. The molecule has 4 aromatic rings. The molecule has 0 radical (unpaired) electrons. The molecule has 2 aromatic carbocycles. The number of fused-ring (bicyclic) bond motifs is 2. The van der Waals surface area contributed by atoms with Gasteiger partial charge in [0, 0.05) is 17.0 Å². The van der Waals surface area contributed by atoms with Gasteiger partial charge in [0.05, 0.1) is 7.11 Å². The maximum atomic E-state index is 5.95. The number of rotatable bonds is 4. The molecule has 25 heavy (non-hydrogen) atoms. The largest absolute Gasteiger partial charge is 0.490 e. The molecule has 124 valence electrons. The molecule has 0 saturated heterocycles. The molecule has 0 unspecified atom stereocenters. The Morgan fingerprint density at radius 1 is 0.880 bits per heavy atom. The Labute approximate surface area is 147 Å². The number of benzene rings is 2. The van der Waals surface area contributed by atoms with E-state index < -0.39 is 0 Å². The maximum absolute atomic E-state index is 5.95. The number of hydrogen-bond acceptors (Lipinski definition) is 2. The van der Waals surface area contributed by atoms with Crippen molar-refractivity contribution in [3.05, 3.63) is 84.2 Å². The van der Waals surface area contributed by atoms with E-state index in [0.717, 1.165) is 38.9 Å². The van der Waals surface area contributed by atoms with Gasteiger partial charge in [0.25, 0.3) is 5.52 Å². The van der Waals surface area contributed by atoms with Gasteiger partial charge < -0.3 is 9.47 Å². The summed E-state index contributed by atoms with van der Waals surface area (Å²) in [5.74, 6) is 1.74. The van der Waals surface area contributed by atoms with Gasteiger partial charge in [-0.15, -0.1) is 0 Å². The van der Waals surface area contributed by atoms with E-state index in [-0.39, 0.29) is 0 Å². The predicted octanol–water partition coefficient (Wildman–Crippen LogP) is 4.47. The predicted molar refractivity (Wildman–Crippen MR) is 99.2 cm³/mol. The van der Waals surface area contributed by atoms with Gasteiger partial charge >= 0.3 is 0 Å². The third-order valence-corrected chi connectivity index (χ3v) is 4.33. The summed E-state index contributed by atoms with van der Waals surface area (Å²) in [7, 11) is 1.71. The quantitative estimate of drug-likeness (QED) is 0.407. The van der Waals surface area contributed by atoms with E-state index in [4.69, 9.17) is 9.47 Å². The van der Waals surface area contributed by atoms with Crippen molar-refractivity contribution in [2.45, 2.75) is 13.5 Å². The summed E-state index contributed by atoms with van der Waals surface area (Å²) < 4.78 is 13.6. The number of hydrogen-bond donors (Lipinski definition) is 0. The zero-order valence-corrected chi connectivity index (χ0v) is 14.4. The topological polar surface area (TPSA) is 22.6 Å². The van der Waals surface area contributed by atoms with Crippen LogP contribution in [-0.4, -0.2) is 7.11 Å². The molecular formula is C22H20NO2+. The summed E-state index contributed by atoms with van der Waals surface area (Å²) in [5.41, 5.74) is 3.37. The van der Waals surface area contributed by atoms with Crippen molar-refractivity contribution in [2.75, 3.05) is 7.11 Å². The van der Waals surface area contributed by atoms with Gasteiger partial charge in [-0.2, -0.15) is 4.40 Å². The summed E-state index contributed by atoms with van der Waals surface area (Å²) in [6.07, 6.45) is 4.23. The van der Waals surface area contributed by atoms with Crippen molar-refractivity contribution in [1.82, 2.24) is 0 Å². The monoisotopic (exact) mass is 330 g/mol. The minimum atomic E-state index is 0.567. The number of methoxy groups -OCH3 is 1. The van der Waals surface area contributed by atoms with E-state index in [1.165, 1.54) is 0 Å². The fourth-order valence-electron chi connectivity index (χ4n) is 3.07. The smallest absolute Gasteiger partial charge is 0.253 e. The van der Waals surface area contributed by atoms with Gasteiger partial charge in [0.15, 0.2) is 18.1 Å². The first-order valence-corrected chi connectivity index (χ1v) is 8.33. The Morgan fingerprint density at radius 2 is 1.72 bits per heavy atom. The lowest BCUT2D eigenvalue weighted by atomic mass is 10.1. The van der Waals surface area contributed by atoms with Crippen molar-refractivity contribution in [1.29, 1.82) is 0 Å². The maximum Gasteiger partial charge on any atom is 0.253 e. The van der Waals surface area contributed by atoms with Crippen molar-refractivity contribution in [3.63, 3.8) is 0 Å². The molecule has 3 nitrogen and oxygen atoms in total. The van der Waals surface area contributed by atoms with Crippen LogP contribution >= 0.6 is 0 Å². The highest BCUT2D eigenvalue weighted by Crippen LogP contribution is 2.25. The highest BCUT2D eigenvalue weighted by Gasteiger charge is 2.13. The van der Waals surface area contributed by atoms with Gasteiger partial charge in [-0.05, 0) is 42.1 Å². The summed E-state index contributed by atoms with van der Waals surface area (Å²) in [5, 5.41) is 2.30. The van der Waals surface area contributed by atoms with E-state index in [2.05, 4.69) is 60.1 Å². The van der Waals surface area contributed by atoms with Crippen LogP contribution in [0.1, 0.15) is 11.1 Å². The molecule has 2 heterocycles. The average molecular weight is 330 g/mol. The third-order valence-electron chi connectivity index (χ3n) is 4.33. The van der Waals surface area contributed by atoms with Crippen LogP contribution in [0.25, 0.3) is 16.3 Å². The van der Waals surface area contributed by atoms with Gasteiger partial charge in [0.1, 0.15) is 12.4 Å². The molecule has 0 N–H and O–H groups in total. The molecule has 0 aliphatic heterocycles. The van der Waals surface area contributed by atoms with E-state index >= 15 is 0 Å². The first-order chi connectivity index (χ1) is 12.2. The van der Waals surface area contributed by atoms with E-state index in [1.54, 1.807) is 7.11 Å². The molecule has 4 rings (SSSR count). The van der Waals surface area contributed by atoms with E-state index in [0.29, 0.717) is 6.61 Å². The lowest BCUT2D eigenvalue weighted by Gasteiger charge is -2.08. The Balaban J connectivity index is 1.72. The van der Waals surface area contributed by atoms with Crippen LogP contribution < -0.4 is 13.9 Å². The van der Waals surface area contributed by atoms with E-state index in [1.807, 2.05) is 24.3 Å². The first-order valence-electron chi connectivity index (χ1n) is 8.33. The van der Waals surface area contributed by atoms with Crippen LogP contribution in [0.15, 0.2) is 73.1 Å². The average Bonchev–Trinajstić information content (AvgIpc) is 2.65. The summed E-state index contributed by atoms with van der Waals surface area (Å²) in [4.78, 5) is 0. The highest BCUT2D eigenvalue weighted by molar-refractivity contribution is 5.86. The van der Waals surface area contributed by atoms with Crippen LogP contribution in [0.3, 0.4) is 0 Å². The molecule has 0 spiro atoms. The van der Waals surface area contributed by atoms with Crippen LogP contribution in [0.5, 0.6) is 11.5 Å². The lowest BCUT2D eigenvalue weighted by molar-refractivity contribution is -0.511. The first kappa shape index (κ1) is 15.5. The number of ether oxygens (including phenoxy) is 2. The molecule has 0 aliphatic carbocycles. The molecule has 0 amide bonds. The zero-order chi connectivity index (χ0) is 17.2. The van der Waals surface area contributed by atoms with Gasteiger partial charge in [-0.1, -0.05) is 30.3 Å². The standard InChI is InChI=1S/C22H20NO2/c1-16-10-22(24-2)21-12-19-11-20(9-8-18(19)14-23(21)13-16)25-15-17-6-4-3-5-7-17/h3-14H,15H2,1-2H3/q+1. The molecule has 0 saturated carbocycles. The van der Waals surface area contributed by atoms with Crippen molar-refractivity contribution < 1.29 is 13.9 Å². The summed E-state index contributed by atoms with van der Waals surface area (Å²) >= 11 is 0. The molecule has 2 aromatic heterocycles. The highest BCUT2D eigenvalue weighted by atomic mass is 16.5.